The van der Waals surface area contributed by atoms with Crippen LogP contribution in [0.3, 0.4) is 0 Å². The van der Waals surface area contributed by atoms with Gasteiger partial charge in [0.1, 0.15) is 6.26 Å². The average Bonchev–Trinajstić information content (AvgIpc) is 3.19. The lowest BCUT2D eigenvalue weighted by Gasteiger charge is -2.34. The van der Waals surface area contributed by atoms with Gasteiger partial charge < -0.3 is 23.9 Å². The largest absolute Gasteiger partial charge is 0.472 e. The van der Waals surface area contributed by atoms with Crippen molar-refractivity contribution in [3.63, 3.8) is 0 Å². The minimum absolute atomic E-state index is 0.00499. The normalized spacial score (nSPS) is 14.2. The highest BCUT2D eigenvalue weighted by molar-refractivity contribution is 5.94. The molecule has 0 unspecified atom stereocenters. The topological polar surface area (TPSA) is 83.3 Å². The van der Waals surface area contributed by atoms with Crippen LogP contribution in [0.2, 0.25) is 0 Å². The minimum atomic E-state index is -0.334. The fourth-order valence-electron chi connectivity index (χ4n) is 2.90. The third-order valence-electron chi connectivity index (χ3n) is 4.30. The van der Waals surface area contributed by atoms with Gasteiger partial charge in [0.2, 0.25) is 5.91 Å². The number of rotatable bonds is 7. The van der Waals surface area contributed by atoms with Gasteiger partial charge in [-0.15, -0.1) is 0 Å². The summed E-state index contributed by atoms with van der Waals surface area (Å²) in [7, 11) is 0. The molecule has 8 nitrogen and oxygen atoms in total. The first-order chi connectivity index (χ1) is 12.6. The molecule has 0 atom stereocenters. The first-order valence-electron chi connectivity index (χ1n) is 9.07. The van der Waals surface area contributed by atoms with E-state index in [0.29, 0.717) is 51.4 Å². The van der Waals surface area contributed by atoms with Gasteiger partial charge in [0, 0.05) is 45.7 Å². The Morgan fingerprint density at radius 2 is 1.81 bits per heavy atom. The highest BCUT2D eigenvalue weighted by atomic mass is 16.6. The number of hydrogen-bond donors (Lipinski definition) is 0. The van der Waals surface area contributed by atoms with E-state index in [4.69, 9.17) is 9.15 Å². The highest BCUT2D eigenvalue weighted by Gasteiger charge is 2.25. The predicted molar refractivity (Wildman–Crippen MR) is 94.7 cm³/mol. The zero-order valence-corrected chi connectivity index (χ0v) is 15.5. The molecule has 1 fully saturated rings. The number of carbonyl (C=O) groups is 3. The number of piperazine rings is 1. The number of nitrogens with zero attached hydrogens (tertiary/aromatic N) is 3. The highest BCUT2D eigenvalue weighted by Crippen LogP contribution is 2.10. The fourth-order valence-corrected chi connectivity index (χ4v) is 2.90. The summed E-state index contributed by atoms with van der Waals surface area (Å²) in [6.45, 7) is 6.98. The standard InChI is InChI=1S/C18H27N3O5/c1-3-7-20(17(23)15-6-13-25-14-15)8-5-16(22)19-9-11-21(12-10-19)18(24)26-4-2/h6,13-14H,3-5,7-12H2,1-2H3. The molecule has 0 N–H and O–H groups in total. The van der Waals surface area contributed by atoms with E-state index in [2.05, 4.69) is 0 Å². The van der Waals surface area contributed by atoms with Crippen LogP contribution in [0.25, 0.3) is 0 Å². The molecule has 3 amide bonds. The van der Waals surface area contributed by atoms with Gasteiger partial charge in [-0.05, 0) is 19.4 Å². The molecule has 0 radical (unpaired) electrons. The average molecular weight is 365 g/mol. The van der Waals surface area contributed by atoms with Crippen LogP contribution >= 0.6 is 0 Å². The molecule has 1 aromatic heterocycles. The molecule has 2 rings (SSSR count). The third-order valence-corrected chi connectivity index (χ3v) is 4.30. The monoisotopic (exact) mass is 365 g/mol. The Labute approximate surface area is 153 Å². The maximum absolute atomic E-state index is 12.5. The van der Waals surface area contributed by atoms with Gasteiger partial charge in [0.25, 0.3) is 5.91 Å². The summed E-state index contributed by atoms with van der Waals surface area (Å²) in [5, 5.41) is 0. The van der Waals surface area contributed by atoms with Crippen LogP contribution in [0, 0.1) is 0 Å². The van der Waals surface area contributed by atoms with Crippen LogP contribution in [0.4, 0.5) is 4.79 Å². The molecule has 1 aliphatic rings. The van der Waals surface area contributed by atoms with E-state index in [-0.39, 0.29) is 24.3 Å². The predicted octanol–water partition coefficient (Wildman–Crippen LogP) is 1.82. The Morgan fingerprint density at radius 1 is 1.12 bits per heavy atom. The van der Waals surface area contributed by atoms with Crippen LogP contribution in [-0.4, -0.2) is 78.5 Å². The maximum atomic E-state index is 12.5. The van der Waals surface area contributed by atoms with E-state index in [1.807, 2.05) is 6.92 Å². The smallest absolute Gasteiger partial charge is 0.409 e. The van der Waals surface area contributed by atoms with E-state index in [1.165, 1.54) is 12.5 Å². The van der Waals surface area contributed by atoms with Crippen LogP contribution in [0.1, 0.15) is 37.0 Å². The second-order valence-corrected chi connectivity index (χ2v) is 6.12. The van der Waals surface area contributed by atoms with Crippen LogP contribution in [-0.2, 0) is 9.53 Å². The summed E-state index contributed by atoms with van der Waals surface area (Å²) < 4.78 is 9.94. The zero-order chi connectivity index (χ0) is 18.9. The number of ether oxygens (including phenoxy) is 1. The first kappa shape index (κ1) is 19.8. The molecule has 8 heteroatoms. The van der Waals surface area contributed by atoms with E-state index >= 15 is 0 Å². The lowest BCUT2D eigenvalue weighted by atomic mass is 10.2. The second kappa shape index (κ2) is 9.84. The van der Waals surface area contributed by atoms with Crippen molar-refractivity contribution in [2.45, 2.75) is 26.7 Å². The van der Waals surface area contributed by atoms with Crippen molar-refractivity contribution in [1.29, 1.82) is 0 Å². The van der Waals surface area contributed by atoms with Crippen LogP contribution < -0.4 is 0 Å². The molecule has 0 saturated carbocycles. The lowest BCUT2D eigenvalue weighted by Crippen LogP contribution is -2.51. The number of amides is 3. The molecule has 1 aromatic rings. The lowest BCUT2D eigenvalue weighted by molar-refractivity contribution is -0.133. The molecule has 0 aromatic carbocycles. The molecule has 1 saturated heterocycles. The minimum Gasteiger partial charge on any atom is -0.472 e. The SMILES string of the molecule is CCCN(CCC(=O)N1CCN(C(=O)OCC)CC1)C(=O)c1ccoc1. The molecule has 144 valence electrons. The van der Waals surface area contributed by atoms with Gasteiger partial charge in [-0.25, -0.2) is 4.79 Å². The Balaban J connectivity index is 1.81. The zero-order valence-electron chi connectivity index (χ0n) is 15.5. The van der Waals surface area contributed by atoms with Crippen molar-refractivity contribution in [2.24, 2.45) is 0 Å². The van der Waals surface area contributed by atoms with Crippen molar-refractivity contribution in [2.75, 3.05) is 45.9 Å². The second-order valence-electron chi connectivity index (χ2n) is 6.12. The summed E-state index contributed by atoms with van der Waals surface area (Å²) in [6.07, 6.45) is 3.63. The Morgan fingerprint density at radius 3 is 2.38 bits per heavy atom. The molecule has 26 heavy (non-hydrogen) atoms. The third kappa shape index (κ3) is 5.24. The molecule has 0 bridgehead atoms. The van der Waals surface area contributed by atoms with E-state index in [9.17, 15) is 14.4 Å². The Bertz CT molecular complexity index is 594. The number of carbonyl (C=O) groups excluding carboxylic acids is 3. The molecule has 0 aliphatic carbocycles. The van der Waals surface area contributed by atoms with Gasteiger partial charge in [-0.1, -0.05) is 6.92 Å². The number of furan rings is 1. The summed E-state index contributed by atoms with van der Waals surface area (Å²) >= 11 is 0. The van der Waals surface area contributed by atoms with Gasteiger partial charge in [0.05, 0.1) is 18.4 Å². The summed E-state index contributed by atoms with van der Waals surface area (Å²) in [5.41, 5.74) is 0.494. The number of hydrogen-bond acceptors (Lipinski definition) is 5. The van der Waals surface area contributed by atoms with E-state index in [1.54, 1.807) is 27.7 Å². The van der Waals surface area contributed by atoms with Crippen molar-refractivity contribution < 1.29 is 23.5 Å². The molecule has 1 aliphatic heterocycles. The van der Waals surface area contributed by atoms with Gasteiger partial charge in [-0.3, -0.25) is 9.59 Å². The molecular formula is C18H27N3O5. The van der Waals surface area contributed by atoms with Crippen molar-refractivity contribution in [1.82, 2.24) is 14.7 Å². The fraction of sp³-hybridized carbons (Fsp3) is 0.611. The summed E-state index contributed by atoms with van der Waals surface area (Å²) in [5.74, 6) is -0.130. The molecule has 2 heterocycles. The Hall–Kier alpha value is -2.51. The van der Waals surface area contributed by atoms with Crippen LogP contribution in [0.15, 0.2) is 23.0 Å². The maximum Gasteiger partial charge on any atom is 0.409 e. The quantitative estimate of drug-likeness (QED) is 0.736. The van der Waals surface area contributed by atoms with Gasteiger partial charge >= 0.3 is 6.09 Å². The molecular weight excluding hydrogens is 338 g/mol. The van der Waals surface area contributed by atoms with Crippen LogP contribution in [0.5, 0.6) is 0 Å². The first-order valence-corrected chi connectivity index (χ1v) is 9.07. The summed E-state index contributed by atoms with van der Waals surface area (Å²) in [4.78, 5) is 41.6. The van der Waals surface area contributed by atoms with E-state index < -0.39 is 0 Å². The van der Waals surface area contributed by atoms with E-state index in [0.717, 1.165) is 6.42 Å². The van der Waals surface area contributed by atoms with Crippen molar-refractivity contribution >= 4 is 17.9 Å². The van der Waals surface area contributed by atoms with Crippen molar-refractivity contribution in [3.8, 4) is 0 Å². The summed E-state index contributed by atoms with van der Waals surface area (Å²) in [6, 6.07) is 1.63. The molecule has 0 spiro atoms. The van der Waals surface area contributed by atoms with Gasteiger partial charge in [-0.2, -0.15) is 0 Å². The van der Waals surface area contributed by atoms with Crippen molar-refractivity contribution in [3.05, 3.63) is 24.2 Å². The van der Waals surface area contributed by atoms with Gasteiger partial charge in [0.15, 0.2) is 0 Å². The Kier molecular flexibility index (Phi) is 7.50.